The normalized spacial score (nSPS) is 11.3. The molecule has 2 aromatic rings. The fourth-order valence-electron chi connectivity index (χ4n) is 2.39. The number of benzene rings is 2. The minimum atomic E-state index is -2.02. The highest BCUT2D eigenvalue weighted by atomic mass is 35.5. The van der Waals surface area contributed by atoms with E-state index >= 15 is 0 Å². The Kier molecular flexibility index (Phi) is 8.29. The van der Waals surface area contributed by atoms with E-state index < -0.39 is 17.3 Å². The molecule has 1 unspecified atom stereocenters. The summed E-state index contributed by atoms with van der Waals surface area (Å²) in [6.45, 7) is 2.15. The zero-order chi connectivity index (χ0) is 21.4. The van der Waals surface area contributed by atoms with Crippen molar-refractivity contribution >= 4 is 34.8 Å². The van der Waals surface area contributed by atoms with Gasteiger partial charge in [-0.05, 0) is 48.7 Å². The van der Waals surface area contributed by atoms with Crippen molar-refractivity contribution in [1.29, 1.82) is 0 Å². The van der Waals surface area contributed by atoms with Gasteiger partial charge in [0.25, 0.3) is 5.91 Å². The van der Waals surface area contributed by atoms with Gasteiger partial charge in [-0.15, -0.1) is 0 Å². The number of amides is 3. The summed E-state index contributed by atoms with van der Waals surface area (Å²) in [4.78, 5) is 23.6. The molecule has 0 aromatic heterocycles. The lowest BCUT2D eigenvalue weighted by molar-refractivity contribution is 0.0951. The maximum atomic E-state index is 12.4. The fourth-order valence-corrected chi connectivity index (χ4v) is 3.20. The molecule has 3 N–H and O–H groups in total. The number of aryl methyl sites for hydroxylation is 1. The molecule has 0 aliphatic heterocycles. The smallest absolute Gasteiger partial charge is 0.328 e. The van der Waals surface area contributed by atoms with Gasteiger partial charge in [-0.1, -0.05) is 23.7 Å². The molecule has 0 saturated heterocycles. The van der Waals surface area contributed by atoms with Gasteiger partial charge in [0.1, 0.15) is 11.5 Å². The lowest BCUT2D eigenvalue weighted by Crippen LogP contribution is -2.36. The average molecular weight is 440 g/mol. The molecule has 0 aliphatic rings. The lowest BCUT2D eigenvalue weighted by Gasteiger charge is -2.12. The van der Waals surface area contributed by atoms with Gasteiger partial charge in [-0.25, -0.2) is 9.52 Å². The molecule has 10 heteroatoms. The van der Waals surface area contributed by atoms with Crippen LogP contribution >= 0.6 is 11.6 Å². The third-order valence-corrected chi connectivity index (χ3v) is 4.84. The highest BCUT2D eigenvalue weighted by molar-refractivity contribution is 7.79. The van der Waals surface area contributed by atoms with Gasteiger partial charge >= 0.3 is 17.3 Å². The molecule has 156 valence electrons. The van der Waals surface area contributed by atoms with Gasteiger partial charge in [0, 0.05) is 18.6 Å². The molecular weight excluding hydrogens is 418 g/mol. The van der Waals surface area contributed by atoms with Crippen molar-refractivity contribution < 1.29 is 22.7 Å². The van der Waals surface area contributed by atoms with E-state index in [4.69, 9.17) is 20.5 Å². The predicted molar refractivity (Wildman–Crippen MR) is 112 cm³/mol. The van der Waals surface area contributed by atoms with Crippen LogP contribution in [0, 0.1) is 6.92 Å². The minimum Gasteiger partial charge on any atom is -0.496 e. The zero-order valence-corrected chi connectivity index (χ0v) is 17.8. The molecule has 29 heavy (non-hydrogen) atoms. The van der Waals surface area contributed by atoms with Crippen LogP contribution in [-0.2, 0) is 17.7 Å². The van der Waals surface area contributed by atoms with E-state index in [-0.39, 0.29) is 5.91 Å². The maximum Gasteiger partial charge on any atom is 0.328 e. The van der Waals surface area contributed by atoms with Crippen LogP contribution in [0.3, 0.4) is 0 Å². The van der Waals surface area contributed by atoms with Gasteiger partial charge in [-0.2, -0.15) is 4.21 Å². The van der Waals surface area contributed by atoms with Crippen LogP contribution in [0.25, 0.3) is 0 Å². The second-order valence-electron chi connectivity index (χ2n) is 5.95. The summed E-state index contributed by atoms with van der Waals surface area (Å²) in [5.74, 6) is 0.507. The van der Waals surface area contributed by atoms with E-state index in [1.807, 2.05) is 12.1 Å². The summed E-state index contributed by atoms with van der Waals surface area (Å²) in [6.07, 6.45) is 0.515. The Morgan fingerprint density at radius 3 is 2.59 bits per heavy atom. The first-order valence-corrected chi connectivity index (χ1v) is 10.1. The lowest BCUT2D eigenvalue weighted by atomic mass is 10.1. The number of rotatable bonds is 8. The van der Waals surface area contributed by atoms with Crippen LogP contribution in [0.15, 0.2) is 36.4 Å². The molecule has 0 aliphatic carbocycles. The molecule has 0 bridgehead atoms. The maximum absolute atomic E-state index is 12.4. The van der Waals surface area contributed by atoms with Crippen molar-refractivity contribution in [1.82, 2.24) is 15.4 Å². The number of urea groups is 1. The number of hydrogen-bond acceptors (Lipinski definition) is 5. The number of carbonyl (C=O) groups is 2. The molecule has 0 radical (unpaired) electrons. The second-order valence-corrected chi connectivity index (χ2v) is 7.23. The summed E-state index contributed by atoms with van der Waals surface area (Å²) in [5, 5.41) is 5.54. The van der Waals surface area contributed by atoms with Gasteiger partial charge in [0.05, 0.1) is 12.7 Å². The first-order valence-electron chi connectivity index (χ1n) is 8.63. The number of hydrogen-bond donors (Lipinski definition) is 3. The van der Waals surface area contributed by atoms with E-state index in [0.717, 1.165) is 11.1 Å². The summed E-state index contributed by atoms with van der Waals surface area (Å²) < 4.78 is 24.4. The van der Waals surface area contributed by atoms with Gasteiger partial charge < -0.3 is 19.6 Å². The monoisotopic (exact) mass is 439 g/mol. The van der Waals surface area contributed by atoms with Gasteiger partial charge in [-0.3, -0.25) is 4.79 Å². The van der Waals surface area contributed by atoms with E-state index in [2.05, 4.69) is 15.4 Å². The molecular formula is C19H22ClN3O5S. The topological polar surface area (TPSA) is 106 Å². The number of halogens is 1. The summed E-state index contributed by atoms with van der Waals surface area (Å²) in [6, 6.07) is 9.61. The minimum absolute atomic E-state index is 0.302. The predicted octanol–water partition coefficient (Wildman–Crippen LogP) is 2.52. The van der Waals surface area contributed by atoms with Crippen LogP contribution in [0.4, 0.5) is 4.79 Å². The summed E-state index contributed by atoms with van der Waals surface area (Å²) >= 11 is 3.94. The molecule has 1 atom stereocenters. The van der Waals surface area contributed by atoms with E-state index in [0.29, 0.717) is 35.1 Å². The van der Waals surface area contributed by atoms with E-state index in [1.54, 1.807) is 31.2 Å². The Bertz CT molecular complexity index is 923. The van der Waals surface area contributed by atoms with Gasteiger partial charge in [0.2, 0.25) is 0 Å². The number of carbonyl (C=O) groups excluding carboxylic acids is 2. The van der Waals surface area contributed by atoms with Crippen molar-refractivity contribution in [3.05, 3.63) is 58.1 Å². The molecule has 0 heterocycles. The zero-order valence-electron chi connectivity index (χ0n) is 16.2. The number of methoxy groups -OCH3 is 1. The standard InChI is InChI=1S/C19H22ClN3O5S/c1-12-4-5-13(10-17(12)28-29(26)23-19(25)21-2)8-9-22-18(24)15-11-14(20)6-7-16(15)27-3/h4-7,10-11H,8-9H2,1-3H3,(H,22,24)(H2,21,23,25). The Labute approximate surface area is 176 Å². The third kappa shape index (κ3) is 6.65. The first-order chi connectivity index (χ1) is 13.8. The highest BCUT2D eigenvalue weighted by Crippen LogP contribution is 2.23. The largest absolute Gasteiger partial charge is 0.496 e. The second kappa shape index (κ2) is 10.7. The van der Waals surface area contributed by atoms with Crippen LogP contribution < -0.4 is 24.3 Å². The van der Waals surface area contributed by atoms with E-state index in [1.165, 1.54) is 14.2 Å². The van der Waals surface area contributed by atoms with Crippen molar-refractivity contribution in [3.8, 4) is 11.5 Å². The third-order valence-electron chi connectivity index (χ3n) is 3.93. The average Bonchev–Trinajstić information content (AvgIpc) is 2.70. The molecule has 2 rings (SSSR count). The highest BCUT2D eigenvalue weighted by Gasteiger charge is 2.13. The molecule has 2 aromatic carbocycles. The van der Waals surface area contributed by atoms with Crippen molar-refractivity contribution in [2.24, 2.45) is 0 Å². The van der Waals surface area contributed by atoms with Crippen LogP contribution in [0.1, 0.15) is 21.5 Å². The Morgan fingerprint density at radius 1 is 1.14 bits per heavy atom. The Balaban J connectivity index is 1.97. The summed E-state index contributed by atoms with van der Waals surface area (Å²) in [7, 11) is 2.89. The number of nitrogens with one attached hydrogen (secondary N) is 3. The molecule has 0 fully saturated rings. The van der Waals surface area contributed by atoms with Crippen LogP contribution in [0.2, 0.25) is 5.02 Å². The Morgan fingerprint density at radius 2 is 1.90 bits per heavy atom. The number of ether oxygens (including phenoxy) is 1. The molecule has 0 saturated carbocycles. The van der Waals surface area contributed by atoms with Crippen molar-refractivity contribution in [2.75, 3.05) is 20.7 Å². The molecule has 8 nitrogen and oxygen atoms in total. The SMILES string of the molecule is CNC(=O)NS(=O)Oc1cc(CCNC(=O)c2cc(Cl)ccc2OC)ccc1C. The molecule has 0 spiro atoms. The van der Waals surface area contributed by atoms with Crippen molar-refractivity contribution in [2.45, 2.75) is 13.3 Å². The fraction of sp³-hybridized carbons (Fsp3) is 0.263. The Hall–Kier alpha value is -2.78. The quantitative estimate of drug-likeness (QED) is 0.586. The molecule has 3 amide bonds. The summed E-state index contributed by atoms with van der Waals surface area (Å²) in [5.41, 5.74) is 1.97. The van der Waals surface area contributed by atoms with Crippen LogP contribution in [0.5, 0.6) is 11.5 Å². The van der Waals surface area contributed by atoms with Crippen molar-refractivity contribution in [3.63, 3.8) is 0 Å². The van der Waals surface area contributed by atoms with Gasteiger partial charge in [0.15, 0.2) is 0 Å². The van der Waals surface area contributed by atoms with E-state index in [9.17, 15) is 13.8 Å². The first kappa shape index (κ1) is 22.5. The van der Waals surface area contributed by atoms with Crippen LogP contribution in [-0.4, -0.2) is 36.8 Å².